The van der Waals surface area contributed by atoms with Gasteiger partial charge in [-0.25, -0.2) is 4.39 Å². The topological polar surface area (TPSA) is 54.7 Å². The smallest absolute Gasteiger partial charge is 0.255 e. The van der Waals surface area contributed by atoms with E-state index >= 15 is 0 Å². The van der Waals surface area contributed by atoms with E-state index in [0.717, 1.165) is 11.3 Å². The van der Waals surface area contributed by atoms with E-state index in [1.165, 1.54) is 12.1 Å². The van der Waals surface area contributed by atoms with Crippen LogP contribution in [0.4, 0.5) is 4.39 Å². The molecule has 1 atom stereocenters. The molecule has 0 spiro atoms. The lowest BCUT2D eigenvalue weighted by atomic mass is 10.1. The molecule has 6 heteroatoms. The van der Waals surface area contributed by atoms with Crippen molar-refractivity contribution in [2.45, 2.75) is 12.6 Å². The fourth-order valence-electron chi connectivity index (χ4n) is 2.82. The van der Waals surface area contributed by atoms with Crippen LogP contribution >= 0.6 is 0 Å². The number of carbonyl (C=O) groups is 1. The van der Waals surface area contributed by atoms with Crippen molar-refractivity contribution in [3.63, 3.8) is 0 Å². The van der Waals surface area contributed by atoms with Gasteiger partial charge in [0.05, 0.1) is 17.9 Å². The van der Waals surface area contributed by atoms with Gasteiger partial charge in [-0.3, -0.25) is 9.69 Å². The van der Waals surface area contributed by atoms with Crippen LogP contribution in [0, 0.1) is 5.82 Å². The average Bonchev–Trinajstić information content (AvgIpc) is 3.22. The molecule has 0 fully saturated rings. The molecule has 5 nitrogen and oxygen atoms in total. The van der Waals surface area contributed by atoms with Crippen molar-refractivity contribution in [1.29, 1.82) is 0 Å². The van der Waals surface area contributed by atoms with E-state index in [1.807, 2.05) is 37.2 Å². The van der Waals surface area contributed by atoms with Gasteiger partial charge in [-0.1, -0.05) is 24.3 Å². The first kappa shape index (κ1) is 19.6. The molecule has 3 aromatic rings. The van der Waals surface area contributed by atoms with Gasteiger partial charge in [0.15, 0.2) is 0 Å². The quantitative estimate of drug-likeness (QED) is 0.639. The van der Waals surface area contributed by atoms with Crippen LogP contribution in [-0.4, -0.2) is 31.4 Å². The molecule has 2 aromatic carbocycles. The number of hydrogen-bond donors (Lipinski definition) is 1. The van der Waals surface area contributed by atoms with Gasteiger partial charge in [-0.05, 0) is 56.1 Å². The van der Waals surface area contributed by atoms with Crippen LogP contribution < -0.4 is 10.1 Å². The maximum Gasteiger partial charge on any atom is 0.255 e. The first-order valence-electron chi connectivity index (χ1n) is 8.99. The average molecular weight is 382 g/mol. The number of likely N-dealkylation sites (N-methyl/N-ethyl adjacent to an activating group) is 1. The number of ether oxygens (including phenoxy) is 1. The molecule has 146 valence electrons. The van der Waals surface area contributed by atoms with Crippen molar-refractivity contribution in [3.05, 3.63) is 89.6 Å². The molecule has 1 heterocycles. The van der Waals surface area contributed by atoms with Gasteiger partial charge in [0.25, 0.3) is 5.91 Å². The Morgan fingerprint density at radius 1 is 1.11 bits per heavy atom. The lowest BCUT2D eigenvalue weighted by Gasteiger charge is -2.22. The largest absolute Gasteiger partial charge is 0.488 e. The minimum Gasteiger partial charge on any atom is -0.488 e. The maximum absolute atomic E-state index is 13.0. The third-order valence-corrected chi connectivity index (χ3v) is 4.39. The molecule has 0 saturated carbocycles. The summed E-state index contributed by atoms with van der Waals surface area (Å²) in [5, 5.41) is 2.94. The lowest BCUT2D eigenvalue weighted by Crippen LogP contribution is -2.34. The van der Waals surface area contributed by atoms with Crippen molar-refractivity contribution in [3.8, 4) is 5.75 Å². The van der Waals surface area contributed by atoms with E-state index in [1.54, 1.807) is 36.6 Å². The molecular weight excluding hydrogens is 359 g/mol. The number of hydrogen-bond acceptors (Lipinski definition) is 4. The first-order chi connectivity index (χ1) is 13.5. The summed E-state index contributed by atoms with van der Waals surface area (Å²) in [6.07, 6.45) is 1.62. The predicted octanol–water partition coefficient (Wildman–Crippen LogP) is 4.03. The summed E-state index contributed by atoms with van der Waals surface area (Å²) in [7, 11) is 3.86. The van der Waals surface area contributed by atoms with Gasteiger partial charge >= 0.3 is 0 Å². The van der Waals surface area contributed by atoms with Crippen LogP contribution in [0.2, 0.25) is 0 Å². The summed E-state index contributed by atoms with van der Waals surface area (Å²) in [5.74, 6) is 0.735. The number of nitrogens with zero attached hydrogens (tertiary/aromatic N) is 1. The highest BCUT2D eigenvalue weighted by Gasteiger charge is 2.19. The number of amides is 1. The zero-order valence-corrected chi connectivity index (χ0v) is 15.9. The molecule has 28 heavy (non-hydrogen) atoms. The van der Waals surface area contributed by atoms with Crippen LogP contribution in [-0.2, 0) is 6.61 Å². The molecule has 0 saturated heterocycles. The highest BCUT2D eigenvalue weighted by atomic mass is 19.1. The summed E-state index contributed by atoms with van der Waals surface area (Å²) in [5.41, 5.74) is 1.27. The van der Waals surface area contributed by atoms with E-state index in [0.29, 0.717) is 17.9 Å². The number of carbonyl (C=O) groups excluding carboxylic acids is 1. The Kier molecular flexibility index (Phi) is 6.45. The van der Waals surface area contributed by atoms with E-state index in [9.17, 15) is 9.18 Å². The number of para-hydroxylation sites is 1. The second-order valence-electron chi connectivity index (χ2n) is 6.62. The molecule has 1 aromatic heterocycles. The molecule has 1 amide bonds. The molecule has 0 radical (unpaired) electrons. The van der Waals surface area contributed by atoms with Crippen molar-refractivity contribution in [1.82, 2.24) is 10.2 Å². The predicted molar refractivity (Wildman–Crippen MR) is 105 cm³/mol. The molecule has 1 N–H and O–H groups in total. The Morgan fingerprint density at radius 3 is 2.54 bits per heavy atom. The van der Waals surface area contributed by atoms with Crippen LogP contribution in [0.3, 0.4) is 0 Å². The van der Waals surface area contributed by atoms with Gasteiger partial charge < -0.3 is 14.5 Å². The molecule has 0 aliphatic carbocycles. The molecular formula is C22H23FN2O3. The minimum absolute atomic E-state index is 0.0776. The fraction of sp³-hybridized carbons (Fsp3) is 0.227. The zero-order valence-electron chi connectivity index (χ0n) is 15.9. The Morgan fingerprint density at radius 2 is 1.86 bits per heavy atom. The number of nitrogens with one attached hydrogen (secondary N) is 1. The zero-order chi connectivity index (χ0) is 19.9. The Hall–Kier alpha value is -3.12. The second kappa shape index (κ2) is 9.19. The summed E-state index contributed by atoms with van der Waals surface area (Å²) < 4.78 is 24.3. The maximum atomic E-state index is 13.0. The van der Waals surface area contributed by atoms with Gasteiger partial charge in [0.1, 0.15) is 23.9 Å². The first-order valence-corrected chi connectivity index (χ1v) is 8.99. The third kappa shape index (κ3) is 4.98. The van der Waals surface area contributed by atoms with E-state index in [2.05, 4.69) is 5.32 Å². The Balaban J connectivity index is 1.65. The standard InChI is InChI=1S/C22H23FN2O3/c1-25(2)19(21-8-5-13-27-21)14-24-22(26)18-6-3-4-7-20(18)28-15-16-9-11-17(23)12-10-16/h3-13,19H,14-15H2,1-2H3,(H,24,26). The molecule has 0 aliphatic heterocycles. The van der Waals surface area contributed by atoms with Crippen molar-refractivity contribution < 1.29 is 18.3 Å². The van der Waals surface area contributed by atoms with Crippen molar-refractivity contribution in [2.75, 3.05) is 20.6 Å². The second-order valence-corrected chi connectivity index (χ2v) is 6.62. The van der Waals surface area contributed by atoms with Crippen LogP contribution in [0.25, 0.3) is 0 Å². The number of benzene rings is 2. The molecule has 0 bridgehead atoms. The monoisotopic (exact) mass is 382 g/mol. The number of rotatable bonds is 8. The summed E-state index contributed by atoms with van der Waals surface area (Å²) >= 11 is 0. The highest BCUT2D eigenvalue weighted by Crippen LogP contribution is 2.21. The number of halogens is 1. The Labute approximate surface area is 163 Å². The van der Waals surface area contributed by atoms with Crippen molar-refractivity contribution >= 4 is 5.91 Å². The third-order valence-electron chi connectivity index (χ3n) is 4.39. The normalized spacial score (nSPS) is 12.0. The van der Waals surface area contributed by atoms with Gasteiger partial charge in [-0.15, -0.1) is 0 Å². The van der Waals surface area contributed by atoms with Crippen LogP contribution in [0.15, 0.2) is 71.3 Å². The minimum atomic E-state index is -0.296. The van der Waals surface area contributed by atoms with Crippen molar-refractivity contribution in [2.24, 2.45) is 0 Å². The SMILES string of the molecule is CN(C)C(CNC(=O)c1ccccc1OCc1ccc(F)cc1)c1ccco1. The molecule has 0 aliphatic rings. The highest BCUT2D eigenvalue weighted by molar-refractivity contribution is 5.96. The van der Waals surface area contributed by atoms with Crippen LogP contribution in [0.1, 0.15) is 27.7 Å². The van der Waals surface area contributed by atoms with Gasteiger partial charge in [0.2, 0.25) is 0 Å². The summed E-state index contributed by atoms with van der Waals surface area (Å²) in [4.78, 5) is 14.7. The lowest BCUT2D eigenvalue weighted by molar-refractivity contribution is 0.0934. The number of furan rings is 1. The Bertz CT molecular complexity index is 892. The summed E-state index contributed by atoms with van der Waals surface area (Å²) in [6.45, 7) is 0.642. The molecule has 3 rings (SSSR count). The van der Waals surface area contributed by atoms with Gasteiger partial charge in [-0.2, -0.15) is 0 Å². The fourth-order valence-corrected chi connectivity index (χ4v) is 2.82. The van der Waals surface area contributed by atoms with E-state index < -0.39 is 0 Å². The summed E-state index contributed by atoms with van der Waals surface area (Å²) in [6, 6.07) is 16.8. The molecule has 1 unspecified atom stereocenters. The van der Waals surface area contributed by atoms with E-state index in [-0.39, 0.29) is 24.4 Å². The van der Waals surface area contributed by atoms with E-state index in [4.69, 9.17) is 9.15 Å². The van der Waals surface area contributed by atoms with Gasteiger partial charge in [0, 0.05) is 6.54 Å². The van der Waals surface area contributed by atoms with Crippen LogP contribution in [0.5, 0.6) is 5.75 Å².